The highest BCUT2D eigenvalue weighted by molar-refractivity contribution is 6.32. The van der Waals surface area contributed by atoms with Crippen LogP contribution in [-0.4, -0.2) is 26.6 Å². The van der Waals surface area contributed by atoms with Crippen molar-refractivity contribution in [2.24, 2.45) is 0 Å². The summed E-state index contributed by atoms with van der Waals surface area (Å²) in [7, 11) is 1.80. The standard InChI is InChI=1S/C22H21ClN6/c1-24-20-21(23)27-14-28-22(20)26-12-18-4-2-3-5-19(18)17-8-6-16(7-9-17)13-29-11-10-25-15-29/h2-11,14-15,24H,12-13H2,1H3,(H,26,27,28). The number of imidazole rings is 1. The maximum absolute atomic E-state index is 6.14. The molecule has 0 fully saturated rings. The Labute approximate surface area is 174 Å². The molecule has 29 heavy (non-hydrogen) atoms. The van der Waals surface area contributed by atoms with E-state index in [-0.39, 0.29) is 0 Å². The fourth-order valence-electron chi connectivity index (χ4n) is 3.24. The van der Waals surface area contributed by atoms with Crippen LogP contribution in [0.1, 0.15) is 11.1 Å². The quantitative estimate of drug-likeness (QED) is 0.437. The van der Waals surface area contributed by atoms with Gasteiger partial charge in [0.1, 0.15) is 12.0 Å². The summed E-state index contributed by atoms with van der Waals surface area (Å²) in [4.78, 5) is 12.4. The van der Waals surface area contributed by atoms with Gasteiger partial charge in [-0.15, -0.1) is 0 Å². The van der Waals surface area contributed by atoms with Gasteiger partial charge in [0.25, 0.3) is 0 Å². The van der Waals surface area contributed by atoms with Crippen LogP contribution in [0.4, 0.5) is 11.5 Å². The fraction of sp³-hybridized carbons (Fsp3) is 0.136. The molecule has 0 amide bonds. The Morgan fingerprint density at radius 3 is 2.62 bits per heavy atom. The molecule has 146 valence electrons. The van der Waals surface area contributed by atoms with Crippen LogP contribution in [0, 0.1) is 0 Å². The number of hydrogen-bond acceptors (Lipinski definition) is 5. The highest BCUT2D eigenvalue weighted by Gasteiger charge is 2.10. The molecule has 2 heterocycles. The molecule has 0 aliphatic heterocycles. The molecule has 0 aliphatic rings. The van der Waals surface area contributed by atoms with E-state index in [0.29, 0.717) is 23.2 Å². The second kappa shape index (κ2) is 8.75. The SMILES string of the molecule is CNc1c(Cl)ncnc1NCc1ccccc1-c1ccc(Cn2ccnc2)cc1. The number of hydrogen-bond donors (Lipinski definition) is 2. The average molecular weight is 405 g/mol. The molecule has 0 bridgehead atoms. The predicted molar refractivity (Wildman–Crippen MR) is 117 cm³/mol. The van der Waals surface area contributed by atoms with E-state index in [4.69, 9.17) is 11.6 Å². The van der Waals surface area contributed by atoms with E-state index < -0.39 is 0 Å². The fourth-order valence-corrected chi connectivity index (χ4v) is 3.46. The highest BCUT2D eigenvalue weighted by atomic mass is 35.5. The first-order chi connectivity index (χ1) is 14.2. The van der Waals surface area contributed by atoms with Crippen LogP contribution < -0.4 is 10.6 Å². The molecule has 0 spiro atoms. The minimum Gasteiger partial charge on any atom is -0.383 e. The van der Waals surface area contributed by atoms with Gasteiger partial charge in [-0.1, -0.05) is 60.1 Å². The van der Waals surface area contributed by atoms with E-state index in [0.717, 1.165) is 6.54 Å². The molecule has 2 N–H and O–H groups in total. The van der Waals surface area contributed by atoms with Gasteiger partial charge in [0.15, 0.2) is 11.0 Å². The molecule has 0 unspecified atom stereocenters. The molecule has 0 atom stereocenters. The summed E-state index contributed by atoms with van der Waals surface area (Å²) in [5.74, 6) is 0.679. The zero-order valence-electron chi connectivity index (χ0n) is 16.0. The summed E-state index contributed by atoms with van der Waals surface area (Å²) in [6.45, 7) is 1.43. The number of nitrogens with one attached hydrogen (secondary N) is 2. The van der Waals surface area contributed by atoms with E-state index in [1.807, 2.05) is 18.6 Å². The van der Waals surface area contributed by atoms with Crippen LogP contribution in [-0.2, 0) is 13.1 Å². The highest BCUT2D eigenvalue weighted by Crippen LogP contribution is 2.28. The van der Waals surface area contributed by atoms with Crippen molar-refractivity contribution in [3.05, 3.63) is 89.9 Å². The van der Waals surface area contributed by atoms with Gasteiger partial charge in [-0.2, -0.15) is 0 Å². The Morgan fingerprint density at radius 2 is 1.86 bits per heavy atom. The van der Waals surface area contributed by atoms with Crippen molar-refractivity contribution in [3.63, 3.8) is 0 Å². The van der Waals surface area contributed by atoms with Crippen LogP contribution >= 0.6 is 11.6 Å². The number of benzene rings is 2. The second-order valence-electron chi connectivity index (χ2n) is 6.58. The Hall–Kier alpha value is -3.38. The molecule has 0 aliphatic carbocycles. The van der Waals surface area contributed by atoms with Crippen LogP contribution in [0.3, 0.4) is 0 Å². The lowest BCUT2D eigenvalue weighted by Crippen LogP contribution is -2.06. The summed E-state index contributed by atoms with van der Waals surface area (Å²) in [6, 6.07) is 17.0. The van der Waals surface area contributed by atoms with Gasteiger partial charge in [-0.05, 0) is 22.3 Å². The minimum absolute atomic E-state index is 0.395. The van der Waals surface area contributed by atoms with Crippen LogP contribution in [0.5, 0.6) is 0 Å². The van der Waals surface area contributed by atoms with Gasteiger partial charge in [0.05, 0.1) is 6.33 Å². The van der Waals surface area contributed by atoms with Gasteiger partial charge >= 0.3 is 0 Å². The smallest absolute Gasteiger partial charge is 0.157 e. The van der Waals surface area contributed by atoms with Crippen LogP contribution in [0.2, 0.25) is 5.15 Å². The predicted octanol–water partition coefficient (Wildman–Crippen LogP) is 4.70. The van der Waals surface area contributed by atoms with E-state index >= 15 is 0 Å². The second-order valence-corrected chi connectivity index (χ2v) is 6.94. The topological polar surface area (TPSA) is 67.7 Å². The van der Waals surface area contributed by atoms with Gasteiger partial charge in [-0.3, -0.25) is 0 Å². The normalized spacial score (nSPS) is 10.7. The third kappa shape index (κ3) is 4.38. The third-order valence-electron chi connectivity index (χ3n) is 4.70. The molecular weight excluding hydrogens is 384 g/mol. The monoisotopic (exact) mass is 404 g/mol. The Balaban J connectivity index is 1.53. The summed E-state index contributed by atoms with van der Waals surface area (Å²) in [5, 5.41) is 6.80. The maximum Gasteiger partial charge on any atom is 0.157 e. The van der Waals surface area contributed by atoms with Gasteiger partial charge < -0.3 is 15.2 Å². The molecule has 0 saturated heterocycles. The van der Waals surface area contributed by atoms with E-state index in [1.54, 1.807) is 13.2 Å². The molecule has 2 aromatic heterocycles. The average Bonchev–Trinajstić information content (AvgIpc) is 3.26. The lowest BCUT2D eigenvalue weighted by Gasteiger charge is -2.14. The van der Waals surface area contributed by atoms with Crippen molar-refractivity contribution in [2.45, 2.75) is 13.1 Å². The zero-order chi connectivity index (χ0) is 20.1. The lowest BCUT2D eigenvalue weighted by molar-refractivity contribution is 0.797. The van der Waals surface area contributed by atoms with E-state index in [2.05, 4.69) is 72.6 Å². The maximum atomic E-state index is 6.14. The molecular formula is C22H21ClN6. The third-order valence-corrected chi connectivity index (χ3v) is 4.99. The first-order valence-electron chi connectivity index (χ1n) is 9.29. The lowest BCUT2D eigenvalue weighted by atomic mass is 9.98. The van der Waals surface area contributed by atoms with Gasteiger partial charge in [-0.25, -0.2) is 15.0 Å². The Kier molecular flexibility index (Phi) is 5.72. The molecule has 0 radical (unpaired) electrons. The summed E-state index contributed by atoms with van der Waals surface area (Å²) in [5.41, 5.74) is 5.45. The van der Waals surface area contributed by atoms with Gasteiger partial charge in [0.2, 0.25) is 0 Å². The number of halogens is 1. The van der Waals surface area contributed by atoms with Crippen molar-refractivity contribution in [3.8, 4) is 11.1 Å². The van der Waals surface area contributed by atoms with Crippen LogP contribution in [0.25, 0.3) is 11.1 Å². The molecule has 2 aromatic carbocycles. The minimum atomic E-state index is 0.395. The van der Waals surface area contributed by atoms with Gasteiger partial charge in [0, 0.05) is 32.5 Å². The molecule has 0 saturated carbocycles. The van der Waals surface area contributed by atoms with E-state index in [9.17, 15) is 0 Å². The molecule has 4 aromatic rings. The number of aromatic nitrogens is 4. The van der Waals surface area contributed by atoms with Crippen molar-refractivity contribution in [2.75, 3.05) is 17.7 Å². The largest absolute Gasteiger partial charge is 0.383 e. The van der Waals surface area contributed by atoms with Crippen LogP contribution in [0.15, 0.2) is 73.6 Å². The number of rotatable bonds is 7. The van der Waals surface area contributed by atoms with Crippen molar-refractivity contribution >= 4 is 23.1 Å². The van der Waals surface area contributed by atoms with Crippen molar-refractivity contribution < 1.29 is 0 Å². The number of anilines is 2. The van der Waals surface area contributed by atoms with Crippen molar-refractivity contribution in [1.29, 1.82) is 0 Å². The summed E-state index contributed by atoms with van der Waals surface area (Å²) >= 11 is 6.14. The summed E-state index contributed by atoms with van der Waals surface area (Å²) < 4.78 is 2.05. The van der Waals surface area contributed by atoms with E-state index in [1.165, 1.54) is 28.6 Å². The first-order valence-corrected chi connectivity index (χ1v) is 9.67. The number of nitrogens with zero attached hydrogens (tertiary/aromatic N) is 4. The Bertz CT molecular complexity index is 1080. The molecule has 4 rings (SSSR count). The zero-order valence-corrected chi connectivity index (χ0v) is 16.8. The summed E-state index contributed by atoms with van der Waals surface area (Å²) in [6.07, 6.45) is 7.04. The molecule has 7 heteroatoms. The first kappa shape index (κ1) is 19.0. The van der Waals surface area contributed by atoms with Crippen molar-refractivity contribution in [1.82, 2.24) is 19.5 Å². The Morgan fingerprint density at radius 1 is 1.03 bits per heavy atom. The molecule has 6 nitrogen and oxygen atoms in total.